The number of nitrogens with zero attached hydrogens (tertiary/aromatic N) is 2. The molecule has 2 atom stereocenters. The topological polar surface area (TPSA) is 168 Å². The number of methoxy groups -OCH3 is 2. The molecule has 3 aromatic carbocycles. The Hall–Kier alpha value is -4.83. The molecule has 1 unspecified atom stereocenters. The van der Waals surface area contributed by atoms with Crippen molar-refractivity contribution in [3.8, 4) is 17.6 Å². The first-order valence-electron chi connectivity index (χ1n) is 16.4. The molecule has 14 heteroatoms. The van der Waals surface area contributed by atoms with Crippen molar-refractivity contribution in [2.75, 3.05) is 32.8 Å². The van der Waals surface area contributed by atoms with Gasteiger partial charge in [0.25, 0.3) is 20.0 Å². The van der Waals surface area contributed by atoms with Crippen molar-refractivity contribution in [2.45, 2.75) is 57.9 Å². The van der Waals surface area contributed by atoms with Crippen molar-refractivity contribution in [2.24, 2.45) is 0 Å². The lowest BCUT2D eigenvalue weighted by atomic mass is 9.80. The summed E-state index contributed by atoms with van der Waals surface area (Å²) in [4.78, 5) is 43.0. The number of H-pyrrole nitrogens is 2. The standard InChI is InChI=1S/C37H44N5O8P/c1-25(2)42(26(3)4)51(49-22-10-21-38)50-33(35(44)40-32-23-39-36(45)41-34(32)43)24-48-37(27-11-8-7-9-12-27,28-13-17-30(46-5)18-14-28)29-15-19-31(47-6)20-16-29/h7-9,11-20,23,25-26,33H,10,22,24H2,1-6H3,(H,40,44)(H2,39,41,43,45)/t33-,51?/m1/s1. The zero-order valence-electron chi connectivity index (χ0n) is 29.5. The third-order valence-corrected chi connectivity index (χ3v) is 10.0. The summed E-state index contributed by atoms with van der Waals surface area (Å²) in [6.45, 7) is 7.65. The van der Waals surface area contributed by atoms with E-state index in [1.54, 1.807) is 14.2 Å². The number of carbonyl (C=O) groups is 1. The maximum Gasteiger partial charge on any atom is 0.325 e. The van der Waals surface area contributed by atoms with Gasteiger partial charge in [0.2, 0.25) is 0 Å². The Morgan fingerprint density at radius 1 is 0.882 bits per heavy atom. The molecule has 0 spiro atoms. The minimum absolute atomic E-state index is 0.0631. The number of anilines is 1. The Bertz CT molecular complexity index is 1800. The van der Waals surface area contributed by atoms with E-state index in [1.165, 1.54) is 0 Å². The molecule has 4 rings (SSSR count). The van der Waals surface area contributed by atoms with Crippen LogP contribution >= 0.6 is 8.53 Å². The van der Waals surface area contributed by atoms with Gasteiger partial charge in [-0.1, -0.05) is 54.6 Å². The molecule has 51 heavy (non-hydrogen) atoms. The van der Waals surface area contributed by atoms with Crippen LogP contribution < -0.4 is 26.0 Å². The van der Waals surface area contributed by atoms with Crippen LogP contribution in [0.2, 0.25) is 0 Å². The first-order chi connectivity index (χ1) is 24.5. The van der Waals surface area contributed by atoms with Crippen molar-refractivity contribution < 1.29 is 28.1 Å². The van der Waals surface area contributed by atoms with Gasteiger partial charge in [0, 0.05) is 18.3 Å². The molecular weight excluding hydrogens is 673 g/mol. The Morgan fingerprint density at radius 3 is 1.92 bits per heavy atom. The molecule has 1 amide bonds. The summed E-state index contributed by atoms with van der Waals surface area (Å²) in [5.74, 6) is 0.567. The molecule has 0 aliphatic heterocycles. The lowest BCUT2D eigenvalue weighted by Crippen LogP contribution is -2.42. The summed E-state index contributed by atoms with van der Waals surface area (Å²) >= 11 is 0. The van der Waals surface area contributed by atoms with Crippen LogP contribution in [-0.2, 0) is 24.2 Å². The van der Waals surface area contributed by atoms with E-state index in [2.05, 4.69) is 21.4 Å². The zero-order valence-corrected chi connectivity index (χ0v) is 30.4. The van der Waals surface area contributed by atoms with Gasteiger partial charge in [0.15, 0.2) is 6.10 Å². The maximum absolute atomic E-state index is 14.2. The van der Waals surface area contributed by atoms with Gasteiger partial charge in [0.05, 0.1) is 39.9 Å². The average molecular weight is 718 g/mol. The van der Waals surface area contributed by atoms with Crippen molar-refractivity contribution in [3.05, 3.63) is 123 Å². The van der Waals surface area contributed by atoms with E-state index < -0.39 is 37.4 Å². The first kappa shape index (κ1) is 39.0. The lowest BCUT2D eigenvalue weighted by Gasteiger charge is -2.39. The lowest BCUT2D eigenvalue weighted by molar-refractivity contribution is -0.128. The second-order valence-electron chi connectivity index (χ2n) is 11.9. The Kier molecular flexibility index (Phi) is 14.1. The fourth-order valence-corrected chi connectivity index (χ4v) is 7.23. The van der Waals surface area contributed by atoms with Crippen molar-refractivity contribution in [1.29, 1.82) is 5.26 Å². The number of benzene rings is 3. The molecule has 0 saturated carbocycles. The zero-order chi connectivity index (χ0) is 37.0. The molecule has 270 valence electrons. The quantitative estimate of drug-likeness (QED) is 0.0661. The number of carbonyl (C=O) groups excluding carboxylic acids is 1. The molecular formula is C37H44N5O8P. The summed E-state index contributed by atoms with van der Waals surface area (Å²) in [6, 6.07) is 26.4. The summed E-state index contributed by atoms with van der Waals surface area (Å²) in [7, 11) is 1.24. The van der Waals surface area contributed by atoms with Crippen LogP contribution in [0.3, 0.4) is 0 Å². The van der Waals surface area contributed by atoms with Crippen LogP contribution in [0, 0.1) is 11.3 Å². The second kappa shape index (κ2) is 18.4. The number of ether oxygens (including phenoxy) is 3. The number of aromatic nitrogens is 2. The van der Waals surface area contributed by atoms with Crippen LogP contribution in [0.5, 0.6) is 11.5 Å². The highest BCUT2D eigenvalue weighted by Gasteiger charge is 2.41. The number of amides is 1. The van der Waals surface area contributed by atoms with E-state index in [4.69, 9.17) is 23.3 Å². The summed E-state index contributed by atoms with van der Waals surface area (Å²) in [5, 5.41) is 11.8. The average Bonchev–Trinajstić information content (AvgIpc) is 3.13. The number of aromatic amines is 2. The summed E-state index contributed by atoms with van der Waals surface area (Å²) in [6.07, 6.45) is -0.136. The van der Waals surface area contributed by atoms with Gasteiger partial charge in [0.1, 0.15) is 22.8 Å². The van der Waals surface area contributed by atoms with Gasteiger partial charge in [-0.05, 0) is 68.7 Å². The minimum Gasteiger partial charge on any atom is -0.497 e. The molecule has 0 bridgehead atoms. The molecule has 0 fully saturated rings. The highest BCUT2D eigenvalue weighted by atomic mass is 31.2. The van der Waals surface area contributed by atoms with E-state index in [-0.39, 0.29) is 37.4 Å². The SMILES string of the molecule is COc1ccc(C(OC[C@@H](OP(OCCC#N)N(C(C)C)C(C)C)C(=O)Nc2c[nH]c(=O)[nH]c2=O)(c2ccccc2)c2ccc(OC)cc2)cc1. The molecule has 13 nitrogen and oxygen atoms in total. The molecule has 3 N–H and O–H groups in total. The van der Waals surface area contributed by atoms with Gasteiger partial charge in [-0.25, -0.2) is 9.46 Å². The number of nitriles is 1. The third-order valence-electron chi connectivity index (χ3n) is 7.87. The Labute approximate surface area is 298 Å². The van der Waals surface area contributed by atoms with Gasteiger partial charge >= 0.3 is 5.69 Å². The fraction of sp³-hybridized carbons (Fsp3) is 0.351. The predicted molar refractivity (Wildman–Crippen MR) is 195 cm³/mol. The van der Waals surface area contributed by atoms with Crippen LogP contribution in [0.4, 0.5) is 5.69 Å². The highest BCUT2D eigenvalue weighted by molar-refractivity contribution is 7.44. The van der Waals surface area contributed by atoms with Crippen molar-refractivity contribution in [1.82, 2.24) is 14.6 Å². The van der Waals surface area contributed by atoms with Crippen LogP contribution in [-0.4, -0.2) is 66.2 Å². The number of hydrogen-bond acceptors (Lipinski definition) is 10. The number of rotatable bonds is 18. The van der Waals surface area contributed by atoms with Crippen molar-refractivity contribution in [3.63, 3.8) is 0 Å². The third kappa shape index (κ3) is 9.70. The van der Waals surface area contributed by atoms with E-state index >= 15 is 0 Å². The molecule has 1 heterocycles. The molecule has 0 radical (unpaired) electrons. The monoisotopic (exact) mass is 717 g/mol. The molecule has 0 saturated heterocycles. The normalized spacial score (nSPS) is 12.8. The van der Waals surface area contributed by atoms with Gasteiger partial charge < -0.3 is 33.6 Å². The summed E-state index contributed by atoms with van der Waals surface area (Å²) < 4.78 is 32.6. The van der Waals surface area contributed by atoms with Gasteiger partial charge in [-0.3, -0.25) is 14.6 Å². The van der Waals surface area contributed by atoms with Crippen LogP contribution in [0.15, 0.2) is 94.6 Å². The van der Waals surface area contributed by atoms with E-state index in [1.807, 2.05) is 111 Å². The van der Waals surface area contributed by atoms with Gasteiger partial charge in [-0.15, -0.1) is 0 Å². The smallest absolute Gasteiger partial charge is 0.325 e. The fourth-order valence-electron chi connectivity index (χ4n) is 5.55. The Morgan fingerprint density at radius 2 is 1.43 bits per heavy atom. The first-order valence-corrected chi connectivity index (χ1v) is 17.5. The maximum atomic E-state index is 14.2. The number of nitrogens with one attached hydrogen (secondary N) is 3. The second-order valence-corrected chi connectivity index (χ2v) is 13.3. The van der Waals surface area contributed by atoms with E-state index in [0.29, 0.717) is 11.5 Å². The molecule has 0 aliphatic carbocycles. The molecule has 4 aromatic rings. The van der Waals surface area contributed by atoms with Crippen molar-refractivity contribution >= 4 is 20.1 Å². The molecule has 0 aliphatic rings. The van der Waals surface area contributed by atoms with Crippen LogP contribution in [0.1, 0.15) is 50.8 Å². The number of hydrogen-bond donors (Lipinski definition) is 3. The Balaban J connectivity index is 1.87. The summed E-state index contributed by atoms with van der Waals surface area (Å²) in [5.41, 5.74) is -0.775. The predicted octanol–water partition coefficient (Wildman–Crippen LogP) is 5.69. The van der Waals surface area contributed by atoms with E-state index in [9.17, 15) is 19.6 Å². The molecule has 1 aromatic heterocycles. The highest BCUT2D eigenvalue weighted by Crippen LogP contribution is 2.48. The largest absolute Gasteiger partial charge is 0.497 e. The van der Waals surface area contributed by atoms with E-state index in [0.717, 1.165) is 22.9 Å². The minimum atomic E-state index is -1.93. The van der Waals surface area contributed by atoms with Crippen LogP contribution in [0.25, 0.3) is 0 Å². The van der Waals surface area contributed by atoms with Gasteiger partial charge in [-0.2, -0.15) is 5.26 Å².